The lowest BCUT2D eigenvalue weighted by Crippen LogP contribution is -2.48. The number of hydrogen-bond acceptors (Lipinski definition) is 5. The molecule has 0 atom stereocenters. The lowest BCUT2D eigenvalue weighted by Gasteiger charge is -2.35. The molecule has 146 valence electrons. The number of furan rings is 1. The van der Waals surface area contributed by atoms with Crippen LogP contribution in [-0.2, 0) is 0 Å². The van der Waals surface area contributed by atoms with E-state index in [0.29, 0.717) is 29.6 Å². The van der Waals surface area contributed by atoms with Crippen molar-refractivity contribution >= 4 is 38.9 Å². The van der Waals surface area contributed by atoms with Gasteiger partial charge in [-0.25, -0.2) is 0 Å². The van der Waals surface area contributed by atoms with Gasteiger partial charge in [0.2, 0.25) is 5.78 Å². The molecule has 7 heteroatoms. The second kappa shape index (κ2) is 7.25. The van der Waals surface area contributed by atoms with Gasteiger partial charge in [0.1, 0.15) is 0 Å². The van der Waals surface area contributed by atoms with Gasteiger partial charge in [-0.05, 0) is 41.8 Å². The molecule has 4 aromatic rings. The third-order valence-corrected chi connectivity index (χ3v) is 6.24. The topological polar surface area (TPSA) is 69.5 Å². The van der Waals surface area contributed by atoms with Crippen LogP contribution in [-0.4, -0.2) is 47.8 Å². The van der Waals surface area contributed by atoms with Crippen LogP contribution < -0.4 is 4.90 Å². The number of anilines is 1. The van der Waals surface area contributed by atoms with Crippen LogP contribution in [0.2, 0.25) is 0 Å². The molecule has 1 fully saturated rings. The fourth-order valence-electron chi connectivity index (χ4n) is 3.83. The van der Waals surface area contributed by atoms with E-state index in [9.17, 15) is 9.59 Å². The number of benzene rings is 1. The number of rotatable bonds is 4. The maximum absolute atomic E-state index is 13.3. The van der Waals surface area contributed by atoms with Crippen molar-refractivity contribution in [3.05, 3.63) is 77.2 Å². The van der Waals surface area contributed by atoms with Gasteiger partial charge in [-0.15, -0.1) is 11.3 Å². The van der Waals surface area contributed by atoms with E-state index in [0.717, 1.165) is 18.6 Å². The van der Waals surface area contributed by atoms with E-state index >= 15 is 0 Å². The Kier molecular flexibility index (Phi) is 4.44. The standard InChI is InChI=1S/C22H19N3O3S/c26-21(18-6-2-12-28-18)16-14-23-17-5-1-4-15(20(16)17)22(27)25-10-8-24(9-11-25)19-7-3-13-29-19/h1-7,12-14,23H,8-11H2. The van der Waals surface area contributed by atoms with Crippen LogP contribution in [0, 0.1) is 0 Å². The van der Waals surface area contributed by atoms with Gasteiger partial charge in [-0.3, -0.25) is 9.59 Å². The molecule has 1 N–H and O–H groups in total. The predicted molar refractivity (Wildman–Crippen MR) is 113 cm³/mol. The number of fused-ring (bicyclic) bond motifs is 1. The van der Waals surface area contributed by atoms with Crippen molar-refractivity contribution in [2.24, 2.45) is 0 Å². The molecule has 0 spiro atoms. The zero-order valence-electron chi connectivity index (χ0n) is 15.6. The molecule has 0 aliphatic carbocycles. The van der Waals surface area contributed by atoms with Gasteiger partial charge in [0.05, 0.1) is 16.8 Å². The van der Waals surface area contributed by atoms with Crippen LogP contribution >= 0.6 is 11.3 Å². The fourth-order valence-corrected chi connectivity index (χ4v) is 4.62. The maximum atomic E-state index is 13.3. The SMILES string of the molecule is O=C(c1ccco1)c1c[nH]c2cccc(C(=O)N3CCN(c4cccs4)CC3)c12. The largest absolute Gasteiger partial charge is 0.461 e. The molecular weight excluding hydrogens is 386 g/mol. The molecule has 0 bridgehead atoms. The number of piperazine rings is 1. The highest BCUT2D eigenvalue weighted by atomic mass is 32.1. The molecule has 29 heavy (non-hydrogen) atoms. The van der Waals surface area contributed by atoms with Gasteiger partial charge in [-0.2, -0.15) is 0 Å². The first kappa shape index (κ1) is 17.8. The molecule has 4 heterocycles. The van der Waals surface area contributed by atoms with Gasteiger partial charge in [0.25, 0.3) is 5.91 Å². The summed E-state index contributed by atoms with van der Waals surface area (Å²) in [6, 6.07) is 13.0. The molecule has 0 radical (unpaired) electrons. The Hall–Kier alpha value is -3.32. The van der Waals surface area contributed by atoms with Crippen molar-refractivity contribution in [2.45, 2.75) is 0 Å². The quantitative estimate of drug-likeness (QED) is 0.521. The highest BCUT2D eigenvalue weighted by Gasteiger charge is 2.26. The van der Waals surface area contributed by atoms with Crippen LogP contribution in [0.25, 0.3) is 10.9 Å². The first-order chi connectivity index (χ1) is 14.2. The average molecular weight is 405 g/mol. The van der Waals surface area contributed by atoms with E-state index in [1.54, 1.807) is 35.7 Å². The van der Waals surface area contributed by atoms with E-state index in [1.807, 2.05) is 23.1 Å². The van der Waals surface area contributed by atoms with Crippen molar-refractivity contribution in [2.75, 3.05) is 31.1 Å². The Bertz CT molecular complexity index is 1150. The summed E-state index contributed by atoms with van der Waals surface area (Å²) in [6.45, 7) is 2.90. The number of aromatic nitrogens is 1. The minimum Gasteiger partial charge on any atom is -0.461 e. The van der Waals surface area contributed by atoms with Gasteiger partial charge >= 0.3 is 0 Å². The fraction of sp³-hybridized carbons (Fsp3) is 0.182. The molecule has 1 aromatic carbocycles. The highest BCUT2D eigenvalue weighted by Crippen LogP contribution is 2.27. The number of aromatic amines is 1. The molecular formula is C22H19N3O3S. The summed E-state index contributed by atoms with van der Waals surface area (Å²) in [7, 11) is 0. The van der Waals surface area contributed by atoms with Crippen LogP contribution in [0.3, 0.4) is 0 Å². The summed E-state index contributed by atoms with van der Waals surface area (Å²) in [5.41, 5.74) is 1.77. The summed E-state index contributed by atoms with van der Waals surface area (Å²) < 4.78 is 5.27. The third-order valence-electron chi connectivity index (χ3n) is 5.31. The van der Waals surface area contributed by atoms with E-state index in [2.05, 4.69) is 21.3 Å². The number of ketones is 1. The number of nitrogens with zero attached hydrogens (tertiary/aromatic N) is 2. The van der Waals surface area contributed by atoms with Crippen LogP contribution in [0.15, 0.2) is 64.7 Å². The summed E-state index contributed by atoms with van der Waals surface area (Å²) >= 11 is 1.71. The summed E-state index contributed by atoms with van der Waals surface area (Å²) in [4.78, 5) is 33.5. The smallest absolute Gasteiger partial charge is 0.254 e. The van der Waals surface area contributed by atoms with Crippen LogP contribution in [0.4, 0.5) is 5.00 Å². The molecule has 1 aliphatic rings. The summed E-state index contributed by atoms with van der Waals surface area (Å²) in [5, 5.41) is 3.95. The number of nitrogens with one attached hydrogen (secondary N) is 1. The number of carbonyl (C=O) groups excluding carboxylic acids is 2. The van der Waals surface area contributed by atoms with Crippen LogP contribution in [0.1, 0.15) is 26.5 Å². The van der Waals surface area contributed by atoms with E-state index in [1.165, 1.54) is 11.3 Å². The first-order valence-electron chi connectivity index (χ1n) is 9.48. The van der Waals surface area contributed by atoms with Gasteiger partial charge in [0, 0.05) is 48.8 Å². The number of hydrogen-bond donors (Lipinski definition) is 1. The number of H-pyrrole nitrogens is 1. The highest BCUT2D eigenvalue weighted by molar-refractivity contribution is 7.14. The van der Waals surface area contributed by atoms with Gasteiger partial charge in [-0.1, -0.05) is 6.07 Å². The van der Waals surface area contributed by atoms with Gasteiger partial charge < -0.3 is 19.2 Å². The lowest BCUT2D eigenvalue weighted by atomic mass is 10.0. The molecule has 1 saturated heterocycles. The minimum atomic E-state index is -0.232. The Morgan fingerprint density at radius 3 is 2.55 bits per heavy atom. The number of amides is 1. The third kappa shape index (κ3) is 3.13. The Morgan fingerprint density at radius 2 is 1.83 bits per heavy atom. The van der Waals surface area contributed by atoms with Crippen molar-refractivity contribution in [3.63, 3.8) is 0 Å². The van der Waals surface area contributed by atoms with Crippen molar-refractivity contribution in [1.82, 2.24) is 9.88 Å². The van der Waals surface area contributed by atoms with E-state index < -0.39 is 0 Å². The summed E-state index contributed by atoms with van der Waals surface area (Å²) in [6.07, 6.45) is 3.13. The first-order valence-corrected chi connectivity index (χ1v) is 10.4. The average Bonchev–Trinajstić information content (AvgIpc) is 3.54. The normalized spacial score (nSPS) is 14.5. The maximum Gasteiger partial charge on any atom is 0.254 e. The molecule has 6 nitrogen and oxygen atoms in total. The number of carbonyl (C=O) groups is 2. The minimum absolute atomic E-state index is 0.0467. The van der Waals surface area contributed by atoms with Crippen molar-refractivity contribution in [1.29, 1.82) is 0 Å². The predicted octanol–water partition coefficient (Wildman–Crippen LogP) is 4.02. The van der Waals surface area contributed by atoms with Crippen molar-refractivity contribution < 1.29 is 14.0 Å². The molecule has 1 amide bonds. The second-order valence-corrected chi connectivity index (χ2v) is 7.89. The Balaban J connectivity index is 1.44. The zero-order chi connectivity index (χ0) is 19.8. The molecule has 1 aliphatic heterocycles. The van der Waals surface area contributed by atoms with E-state index in [4.69, 9.17) is 4.42 Å². The zero-order valence-corrected chi connectivity index (χ0v) is 16.4. The number of thiophene rings is 1. The monoisotopic (exact) mass is 405 g/mol. The Labute approximate surface area is 171 Å². The van der Waals surface area contributed by atoms with Gasteiger partial charge in [0.15, 0.2) is 5.76 Å². The lowest BCUT2D eigenvalue weighted by molar-refractivity contribution is 0.0749. The summed E-state index contributed by atoms with van der Waals surface area (Å²) in [5.74, 6) is -0.0174. The molecule has 3 aromatic heterocycles. The second-order valence-electron chi connectivity index (χ2n) is 6.97. The van der Waals surface area contributed by atoms with Crippen LogP contribution in [0.5, 0.6) is 0 Å². The molecule has 5 rings (SSSR count). The molecule has 0 unspecified atom stereocenters. The van der Waals surface area contributed by atoms with Crippen molar-refractivity contribution in [3.8, 4) is 0 Å². The Morgan fingerprint density at radius 1 is 0.966 bits per heavy atom. The molecule has 0 saturated carbocycles. The van der Waals surface area contributed by atoms with E-state index in [-0.39, 0.29) is 17.5 Å².